The van der Waals surface area contributed by atoms with Gasteiger partial charge in [-0.15, -0.1) is 0 Å². The van der Waals surface area contributed by atoms with Crippen LogP contribution < -0.4 is 10.2 Å². The summed E-state index contributed by atoms with van der Waals surface area (Å²) < 4.78 is 0. The fourth-order valence-corrected chi connectivity index (χ4v) is 3.09. The van der Waals surface area contributed by atoms with Gasteiger partial charge in [0.25, 0.3) is 0 Å². The molecular formula is C18H30N2. The standard InChI is InChI=1S/C18H30N2/c1-5-16-8-10-20(11-9-16)18-7-6-17(12-15(18)4)13-19-14(2)3/h6-7,12,14,16,19H,5,8-11,13H2,1-4H3. The first-order valence-corrected chi connectivity index (χ1v) is 8.18. The summed E-state index contributed by atoms with van der Waals surface area (Å²) in [7, 11) is 0. The van der Waals surface area contributed by atoms with Gasteiger partial charge in [-0.2, -0.15) is 0 Å². The molecule has 1 aliphatic heterocycles. The van der Waals surface area contributed by atoms with Gasteiger partial charge in [-0.3, -0.25) is 0 Å². The molecule has 2 rings (SSSR count). The summed E-state index contributed by atoms with van der Waals surface area (Å²) in [5.41, 5.74) is 4.25. The van der Waals surface area contributed by atoms with E-state index in [0.717, 1.165) is 12.5 Å². The fourth-order valence-electron chi connectivity index (χ4n) is 3.09. The monoisotopic (exact) mass is 274 g/mol. The van der Waals surface area contributed by atoms with Gasteiger partial charge in [0.1, 0.15) is 0 Å². The smallest absolute Gasteiger partial charge is 0.0396 e. The molecular weight excluding hydrogens is 244 g/mol. The average Bonchev–Trinajstić information content (AvgIpc) is 2.45. The Bertz CT molecular complexity index is 417. The quantitative estimate of drug-likeness (QED) is 0.869. The first-order valence-electron chi connectivity index (χ1n) is 8.18. The number of hydrogen-bond donors (Lipinski definition) is 1. The van der Waals surface area contributed by atoms with E-state index < -0.39 is 0 Å². The summed E-state index contributed by atoms with van der Waals surface area (Å²) in [4.78, 5) is 2.57. The van der Waals surface area contributed by atoms with Gasteiger partial charge in [0.15, 0.2) is 0 Å². The molecule has 0 saturated carbocycles. The number of benzene rings is 1. The molecule has 1 saturated heterocycles. The predicted octanol–water partition coefficient (Wildman–Crippen LogP) is 4.12. The van der Waals surface area contributed by atoms with Crippen molar-refractivity contribution in [1.82, 2.24) is 5.32 Å². The van der Waals surface area contributed by atoms with Crippen LogP contribution in [0.25, 0.3) is 0 Å². The minimum absolute atomic E-state index is 0.544. The Morgan fingerprint density at radius 2 is 1.95 bits per heavy atom. The van der Waals surface area contributed by atoms with Crippen LogP contribution in [-0.2, 0) is 6.54 Å². The minimum atomic E-state index is 0.544. The lowest BCUT2D eigenvalue weighted by Gasteiger charge is -2.34. The number of nitrogens with zero attached hydrogens (tertiary/aromatic N) is 1. The maximum absolute atomic E-state index is 3.49. The van der Waals surface area contributed by atoms with Crippen molar-refractivity contribution in [2.24, 2.45) is 5.92 Å². The Morgan fingerprint density at radius 1 is 1.25 bits per heavy atom. The lowest BCUT2D eigenvalue weighted by Crippen LogP contribution is -2.33. The minimum Gasteiger partial charge on any atom is -0.371 e. The Labute approximate surface area is 124 Å². The van der Waals surface area contributed by atoms with Crippen molar-refractivity contribution in [1.29, 1.82) is 0 Å². The van der Waals surface area contributed by atoms with Gasteiger partial charge in [-0.1, -0.05) is 39.3 Å². The molecule has 0 aromatic heterocycles. The van der Waals surface area contributed by atoms with Crippen molar-refractivity contribution in [3.05, 3.63) is 29.3 Å². The number of aryl methyl sites for hydroxylation is 1. The summed E-state index contributed by atoms with van der Waals surface area (Å²) >= 11 is 0. The van der Waals surface area contributed by atoms with Gasteiger partial charge < -0.3 is 10.2 Å². The molecule has 1 heterocycles. The Kier molecular flexibility index (Phi) is 5.47. The largest absolute Gasteiger partial charge is 0.371 e. The SMILES string of the molecule is CCC1CCN(c2ccc(CNC(C)C)cc2C)CC1. The zero-order valence-electron chi connectivity index (χ0n) is 13.6. The normalized spacial score (nSPS) is 16.9. The molecule has 112 valence electrons. The highest BCUT2D eigenvalue weighted by Crippen LogP contribution is 2.27. The van der Waals surface area contributed by atoms with E-state index in [1.54, 1.807) is 0 Å². The fraction of sp³-hybridized carbons (Fsp3) is 0.667. The van der Waals surface area contributed by atoms with E-state index in [-0.39, 0.29) is 0 Å². The van der Waals surface area contributed by atoms with E-state index in [1.165, 1.54) is 49.2 Å². The van der Waals surface area contributed by atoms with Crippen LogP contribution in [0.5, 0.6) is 0 Å². The van der Waals surface area contributed by atoms with Crippen LogP contribution in [0.1, 0.15) is 51.2 Å². The maximum Gasteiger partial charge on any atom is 0.0396 e. The second-order valence-electron chi connectivity index (χ2n) is 6.50. The molecule has 0 aliphatic carbocycles. The molecule has 0 unspecified atom stereocenters. The molecule has 0 bridgehead atoms. The zero-order chi connectivity index (χ0) is 14.5. The van der Waals surface area contributed by atoms with Gasteiger partial charge in [-0.25, -0.2) is 0 Å². The van der Waals surface area contributed by atoms with Gasteiger partial charge in [-0.05, 0) is 42.9 Å². The number of nitrogens with one attached hydrogen (secondary N) is 1. The molecule has 1 fully saturated rings. The van der Waals surface area contributed by atoms with Gasteiger partial charge in [0.05, 0.1) is 0 Å². The summed E-state index contributed by atoms with van der Waals surface area (Å²) in [6.07, 6.45) is 4.05. The molecule has 0 amide bonds. The van der Waals surface area contributed by atoms with Crippen LogP contribution in [-0.4, -0.2) is 19.1 Å². The van der Waals surface area contributed by atoms with E-state index in [9.17, 15) is 0 Å². The van der Waals surface area contributed by atoms with Crippen LogP contribution in [0.3, 0.4) is 0 Å². The van der Waals surface area contributed by atoms with Gasteiger partial charge in [0.2, 0.25) is 0 Å². The van der Waals surface area contributed by atoms with E-state index in [2.05, 4.69) is 56.1 Å². The highest BCUT2D eigenvalue weighted by atomic mass is 15.1. The molecule has 1 aromatic rings. The first-order chi connectivity index (χ1) is 9.60. The molecule has 20 heavy (non-hydrogen) atoms. The van der Waals surface area contributed by atoms with Gasteiger partial charge in [0, 0.05) is 31.4 Å². The second kappa shape index (κ2) is 7.12. The van der Waals surface area contributed by atoms with Crippen molar-refractivity contribution in [3.63, 3.8) is 0 Å². The van der Waals surface area contributed by atoms with Crippen LogP contribution in [0.15, 0.2) is 18.2 Å². The molecule has 1 aromatic carbocycles. The highest BCUT2D eigenvalue weighted by Gasteiger charge is 2.19. The summed E-state index contributed by atoms with van der Waals surface area (Å²) in [5, 5.41) is 3.49. The van der Waals surface area contributed by atoms with E-state index in [0.29, 0.717) is 6.04 Å². The van der Waals surface area contributed by atoms with Crippen molar-refractivity contribution in [2.45, 2.75) is 59.5 Å². The van der Waals surface area contributed by atoms with Gasteiger partial charge >= 0.3 is 0 Å². The van der Waals surface area contributed by atoms with Crippen molar-refractivity contribution in [2.75, 3.05) is 18.0 Å². The second-order valence-corrected chi connectivity index (χ2v) is 6.50. The number of hydrogen-bond acceptors (Lipinski definition) is 2. The van der Waals surface area contributed by atoms with E-state index >= 15 is 0 Å². The maximum atomic E-state index is 3.49. The topological polar surface area (TPSA) is 15.3 Å². The molecule has 0 spiro atoms. The Morgan fingerprint density at radius 3 is 2.50 bits per heavy atom. The van der Waals surface area contributed by atoms with Crippen LogP contribution in [0.2, 0.25) is 0 Å². The number of anilines is 1. The summed E-state index contributed by atoms with van der Waals surface area (Å²) in [6, 6.07) is 7.49. The van der Waals surface area contributed by atoms with E-state index in [4.69, 9.17) is 0 Å². The number of rotatable bonds is 5. The summed E-state index contributed by atoms with van der Waals surface area (Å²) in [6.45, 7) is 12.4. The summed E-state index contributed by atoms with van der Waals surface area (Å²) in [5.74, 6) is 0.945. The highest BCUT2D eigenvalue weighted by molar-refractivity contribution is 5.54. The van der Waals surface area contributed by atoms with Crippen LogP contribution >= 0.6 is 0 Å². The van der Waals surface area contributed by atoms with Crippen molar-refractivity contribution >= 4 is 5.69 Å². The lowest BCUT2D eigenvalue weighted by atomic mass is 9.93. The number of piperidine rings is 1. The molecule has 2 heteroatoms. The van der Waals surface area contributed by atoms with Crippen molar-refractivity contribution in [3.8, 4) is 0 Å². The molecule has 1 aliphatic rings. The third-order valence-corrected chi connectivity index (χ3v) is 4.51. The zero-order valence-corrected chi connectivity index (χ0v) is 13.6. The average molecular weight is 274 g/mol. The molecule has 1 N–H and O–H groups in total. The van der Waals surface area contributed by atoms with Crippen molar-refractivity contribution < 1.29 is 0 Å². The molecule has 0 atom stereocenters. The van der Waals surface area contributed by atoms with Crippen LogP contribution in [0, 0.1) is 12.8 Å². The molecule has 0 radical (unpaired) electrons. The Hall–Kier alpha value is -1.02. The lowest BCUT2D eigenvalue weighted by molar-refractivity contribution is 0.395. The molecule has 2 nitrogen and oxygen atoms in total. The Balaban J connectivity index is 1.99. The third kappa shape index (κ3) is 3.99. The first kappa shape index (κ1) is 15.4. The third-order valence-electron chi connectivity index (χ3n) is 4.51. The predicted molar refractivity (Wildman–Crippen MR) is 88.4 cm³/mol. The van der Waals surface area contributed by atoms with E-state index in [1.807, 2.05) is 0 Å². The van der Waals surface area contributed by atoms with Crippen LogP contribution in [0.4, 0.5) is 5.69 Å².